The highest BCUT2D eigenvalue weighted by atomic mass is 16.5. The fraction of sp³-hybridized carbons (Fsp3) is 0.571. The van der Waals surface area contributed by atoms with E-state index in [0.717, 1.165) is 31.3 Å². The smallest absolute Gasteiger partial charge is 0.240 e. The third-order valence-electron chi connectivity index (χ3n) is 6.44. The van der Waals surface area contributed by atoms with Crippen LogP contribution in [0.5, 0.6) is 0 Å². The van der Waals surface area contributed by atoms with Gasteiger partial charge in [-0.1, -0.05) is 29.4 Å². The predicted molar refractivity (Wildman–Crippen MR) is 99.8 cm³/mol. The largest absolute Gasteiger partial charge is 0.338 e. The van der Waals surface area contributed by atoms with Crippen LogP contribution in [0, 0.1) is 18.8 Å². The lowest BCUT2D eigenvalue weighted by molar-refractivity contribution is -0.130. The molecule has 3 fully saturated rings. The topological polar surface area (TPSA) is 62.5 Å². The molecule has 3 atom stereocenters. The van der Waals surface area contributed by atoms with E-state index in [1.807, 2.05) is 0 Å². The van der Waals surface area contributed by atoms with Crippen LogP contribution >= 0.6 is 0 Å². The number of amides is 1. The second-order valence-electron chi connectivity index (χ2n) is 8.41. The van der Waals surface area contributed by atoms with E-state index in [1.165, 1.54) is 24.0 Å². The summed E-state index contributed by atoms with van der Waals surface area (Å²) in [6.45, 7) is 7.35. The molecule has 2 saturated heterocycles. The minimum atomic E-state index is 0.170. The summed E-state index contributed by atoms with van der Waals surface area (Å²) in [6, 6.07) is 8.64. The lowest BCUT2D eigenvalue weighted by Crippen LogP contribution is -2.34. The Morgan fingerprint density at radius 1 is 1.22 bits per heavy atom. The molecule has 142 valence electrons. The monoisotopic (exact) mass is 366 g/mol. The molecule has 6 heteroatoms. The first-order valence-corrected chi connectivity index (χ1v) is 9.97. The van der Waals surface area contributed by atoms with Gasteiger partial charge in [-0.2, -0.15) is 4.98 Å². The summed E-state index contributed by atoms with van der Waals surface area (Å²) in [5.41, 5.74) is 2.55. The summed E-state index contributed by atoms with van der Waals surface area (Å²) < 4.78 is 5.47. The number of carbonyl (C=O) groups is 1. The summed E-state index contributed by atoms with van der Waals surface area (Å²) in [5, 5.41) is 4.14. The number of likely N-dealkylation sites (tertiary alicyclic amines) is 2. The van der Waals surface area contributed by atoms with Crippen LogP contribution in [0.1, 0.15) is 54.6 Å². The number of benzene rings is 1. The maximum atomic E-state index is 12.3. The summed E-state index contributed by atoms with van der Waals surface area (Å²) in [7, 11) is 0. The molecule has 0 N–H and O–H groups in total. The molecular formula is C21H26N4O2. The van der Waals surface area contributed by atoms with Gasteiger partial charge in [-0.05, 0) is 36.8 Å². The van der Waals surface area contributed by atoms with Crippen LogP contribution in [0.2, 0.25) is 0 Å². The van der Waals surface area contributed by atoms with Crippen molar-refractivity contribution in [2.75, 3.05) is 19.6 Å². The van der Waals surface area contributed by atoms with Crippen molar-refractivity contribution in [3.63, 3.8) is 0 Å². The molecule has 1 saturated carbocycles. The van der Waals surface area contributed by atoms with E-state index in [-0.39, 0.29) is 11.9 Å². The first kappa shape index (κ1) is 16.9. The van der Waals surface area contributed by atoms with Crippen LogP contribution in [-0.2, 0) is 11.3 Å². The number of aryl methyl sites for hydroxylation is 1. The van der Waals surface area contributed by atoms with Gasteiger partial charge in [-0.25, -0.2) is 0 Å². The number of nitrogens with zero attached hydrogens (tertiary/aromatic N) is 4. The van der Waals surface area contributed by atoms with Crippen LogP contribution in [0.25, 0.3) is 0 Å². The molecule has 2 aliphatic heterocycles. The maximum absolute atomic E-state index is 12.3. The average Bonchev–Trinajstić information content (AvgIpc) is 3.10. The standard InChI is InChI=1S/C21H26N4O2/c1-13-5-3-4-6-17(13)20-18-11-24(9-16(18)10-25(20)14(2)26)12-19-22-21(23-27-19)15-7-8-15/h3-6,15-16,18,20H,7-12H2,1-2H3/t16-,18-,20+/m1/s1. The highest BCUT2D eigenvalue weighted by Gasteiger charge is 2.48. The van der Waals surface area contributed by atoms with Gasteiger partial charge < -0.3 is 9.42 Å². The number of fused-ring (bicyclic) bond motifs is 1. The second-order valence-corrected chi connectivity index (χ2v) is 8.41. The molecule has 6 nitrogen and oxygen atoms in total. The molecule has 1 aromatic heterocycles. The van der Waals surface area contributed by atoms with E-state index in [0.29, 0.717) is 24.3 Å². The molecule has 3 aliphatic rings. The molecule has 0 bridgehead atoms. The zero-order valence-electron chi connectivity index (χ0n) is 16.0. The Kier molecular flexibility index (Phi) is 4.04. The number of hydrogen-bond donors (Lipinski definition) is 0. The molecule has 0 unspecified atom stereocenters. The molecule has 1 amide bonds. The third-order valence-corrected chi connectivity index (χ3v) is 6.44. The summed E-state index contributed by atoms with van der Waals surface area (Å²) in [6.07, 6.45) is 2.37. The molecule has 0 radical (unpaired) electrons. The van der Waals surface area contributed by atoms with Crippen molar-refractivity contribution in [2.45, 2.75) is 45.2 Å². The Hall–Kier alpha value is -2.21. The number of rotatable bonds is 4. The van der Waals surface area contributed by atoms with Crippen molar-refractivity contribution in [3.05, 3.63) is 47.1 Å². The van der Waals surface area contributed by atoms with E-state index < -0.39 is 0 Å². The first-order valence-electron chi connectivity index (χ1n) is 9.97. The fourth-order valence-corrected chi connectivity index (χ4v) is 4.94. The van der Waals surface area contributed by atoms with Crippen molar-refractivity contribution in [1.29, 1.82) is 0 Å². The van der Waals surface area contributed by atoms with Gasteiger partial charge in [0.1, 0.15) is 0 Å². The van der Waals surface area contributed by atoms with E-state index in [1.54, 1.807) is 6.92 Å². The van der Waals surface area contributed by atoms with Gasteiger partial charge in [0.05, 0.1) is 12.6 Å². The Morgan fingerprint density at radius 3 is 2.78 bits per heavy atom. The van der Waals surface area contributed by atoms with Gasteiger partial charge in [0.15, 0.2) is 5.82 Å². The summed E-state index contributed by atoms with van der Waals surface area (Å²) >= 11 is 0. The van der Waals surface area contributed by atoms with Gasteiger partial charge in [0.2, 0.25) is 11.8 Å². The molecular weight excluding hydrogens is 340 g/mol. The van der Waals surface area contributed by atoms with Crippen LogP contribution in [-0.4, -0.2) is 45.5 Å². The minimum absolute atomic E-state index is 0.170. The van der Waals surface area contributed by atoms with Crippen molar-refractivity contribution >= 4 is 5.91 Å². The van der Waals surface area contributed by atoms with Gasteiger partial charge in [-0.3, -0.25) is 9.69 Å². The summed E-state index contributed by atoms with van der Waals surface area (Å²) in [5.74, 6) is 3.27. The molecule has 1 aliphatic carbocycles. The van der Waals surface area contributed by atoms with Crippen molar-refractivity contribution in [1.82, 2.24) is 19.9 Å². The Labute approximate surface area is 159 Å². The van der Waals surface area contributed by atoms with Crippen molar-refractivity contribution < 1.29 is 9.32 Å². The van der Waals surface area contributed by atoms with Crippen LogP contribution < -0.4 is 0 Å². The average molecular weight is 366 g/mol. The summed E-state index contributed by atoms with van der Waals surface area (Å²) in [4.78, 5) is 21.4. The van der Waals surface area contributed by atoms with Crippen molar-refractivity contribution in [2.24, 2.45) is 11.8 Å². The quantitative estimate of drug-likeness (QED) is 0.833. The fourth-order valence-electron chi connectivity index (χ4n) is 4.94. The third kappa shape index (κ3) is 3.06. The lowest BCUT2D eigenvalue weighted by atomic mass is 9.87. The predicted octanol–water partition coefficient (Wildman–Crippen LogP) is 2.91. The number of aromatic nitrogens is 2. The van der Waals surface area contributed by atoms with Gasteiger partial charge in [0, 0.05) is 38.4 Å². The molecule has 5 rings (SSSR count). The molecule has 0 spiro atoms. The molecule has 2 aromatic rings. The number of hydrogen-bond acceptors (Lipinski definition) is 5. The Bertz CT molecular complexity index is 859. The maximum Gasteiger partial charge on any atom is 0.240 e. The zero-order chi connectivity index (χ0) is 18.5. The van der Waals surface area contributed by atoms with Gasteiger partial charge in [0.25, 0.3) is 0 Å². The zero-order valence-corrected chi connectivity index (χ0v) is 16.0. The van der Waals surface area contributed by atoms with Crippen LogP contribution in [0.3, 0.4) is 0 Å². The SMILES string of the molecule is CC(=O)N1C[C@H]2CN(Cc3nc(C4CC4)no3)C[C@H]2[C@@H]1c1ccccc1C. The molecule has 1 aromatic carbocycles. The van der Waals surface area contributed by atoms with Crippen LogP contribution in [0.4, 0.5) is 0 Å². The van der Waals surface area contributed by atoms with Gasteiger partial charge >= 0.3 is 0 Å². The second kappa shape index (κ2) is 6.44. The van der Waals surface area contributed by atoms with Crippen molar-refractivity contribution in [3.8, 4) is 0 Å². The van der Waals surface area contributed by atoms with E-state index in [2.05, 4.69) is 51.1 Å². The minimum Gasteiger partial charge on any atom is -0.338 e. The van der Waals surface area contributed by atoms with E-state index in [4.69, 9.17) is 4.52 Å². The number of carbonyl (C=O) groups excluding carboxylic acids is 1. The highest BCUT2D eigenvalue weighted by molar-refractivity contribution is 5.74. The lowest BCUT2D eigenvalue weighted by Gasteiger charge is -2.30. The Balaban J connectivity index is 1.35. The Morgan fingerprint density at radius 2 is 2.04 bits per heavy atom. The molecule has 3 heterocycles. The van der Waals surface area contributed by atoms with E-state index in [9.17, 15) is 4.79 Å². The first-order chi connectivity index (χ1) is 13.1. The normalized spacial score (nSPS) is 27.9. The molecule has 27 heavy (non-hydrogen) atoms. The van der Waals surface area contributed by atoms with E-state index >= 15 is 0 Å². The van der Waals surface area contributed by atoms with Crippen LogP contribution in [0.15, 0.2) is 28.8 Å². The highest BCUT2D eigenvalue weighted by Crippen LogP contribution is 2.46. The van der Waals surface area contributed by atoms with Gasteiger partial charge in [-0.15, -0.1) is 0 Å².